The maximum Gasteiger partial charge on any atom is 0.224 e. The Kier molecular flexibility index (Phi) is 5.11. The molecule has 0 aromatic carbocycles. The molecule has 1 aliphatic heterocycles. The number of carbonyl (C=O) groups is 1. The van der Waals surface area contributed by atoms with Crippen LogP contribution in [0, 0.1) is 11.8 Å². The molecule has 0 unspecified atom stereocenters. The Morgan fingerprint density at radius 1 is 1.31 bits per heavy atom. The van der Waals surface area contributed by atoms with Gasteiger partial charge < -0.3 is 10.2 Å². The molecule has 5 nitrogen and oxygen atoms in total. The van der Waals surface area contributed by atoms with Gasteiger partial charge in [-0.25, -0.2) is 9.97 Å². The van der Waals surface area contributed by atoms with Crippen LogP contribution in [0.5, 0.6) is 0 Å². The van der Waals surface area contributed by atoms with Gasteiger partial charge in [0, 0.05) is 24.5 Å². The number of hydrogen-bond acceptors (Lipinski definition) is 5. The average molecular weight is 373 g/mol. The normalized spacial score (nSPS) is 20.4. The molecule has 2 aliphatic rings. The molecule has 1 fully saturated rings. The Hall–Kier alpha value is -1.69. The summed E-state index contributed by atoms with van der Waals surface area (Å²) in [7, 11) is 0. The molecule has 4 rings (SSSR count). The third-order valence-corrected chi connectivity index (χ3v) is 6.71. The summed E-state index contributed by atoms with van der Waals surface area (Å²) in [6, 6.07) is 0. The Bertz CT molecular complexity index is 800. The molecule has 0 bridgehead atoms. The lowest BCUT2D eigenvalue weighted by Crippen LogP contribution is -2.44. The lowest BCUT2D eigenvalue weighted by molar-refractivity contribution is -0.125. The molecule has 1 N–H and O–H groups in total. The minimum absolute atomic E-state index is 0.0574. The highest BCUT2D eigenvalue weighted by atomic mass is 32.1. The van der Waals surface area contributed by atoms with Gasteiger partial charge in [0.05, 0.1) is 11.3 Å². The van der Waals surface area contributed by atoms with E-state index in [1.165, 1.54) is 35.1 Å². The summed E-state index contributed by atoms with van der Waals surface area (Å²) in [5, 5.41) is 4.37. The first-order chi connectivity index (χ1) is 12.6. The zero-order valence-corrected chi connectivity index (χ0v) is 16.6. The summed E-state index contributed by atoms with van der Waals surface area (Å²) in [5.74, 6) is 1.79. The summed E-state index contributed by atoms with van der Waals surface area (Å²) in [6.07, 6.45) is 8.56. The van der Waals surface area contributed by atoms with Crippen molar-refractivity contribution >= 4 is 33.3 Å². The summed E-state index contributed by atoms with van der Waals surface area (Å²) in [5.41, 5.74) is 1.47. The van der Waals surface area contributed by atoms with Gasteiger partial charge in [0.25, 0.3) is 0 Å². The second-order valence-electron chi connectivity index (χ2n) is 8.01. The van der Waals surface area contributed by atoms with E-state index in [9.17, 15) is 4.79 Å². The fraction of sp³-hybridized carbons (Fsp3) is 0.650. The van der Waals surface area contributed by atoms with E-state index in [0.717, 1.165) is 49.5 Å². The molecule has 1 aliphatic carbocycles. The number of aromatic nitrogens is 2. The number of nitrogens with zero attached hydrogens (tertiary/aromatic N) is 3. The van der Waals surface area contributed by atoms with Gasteiger partial charge in [-0.05, 0) is 50.0 Å². The molecule has 6 heteroatoms. The lowest BCUT2D eigenvalue weighted by Gasteiger charge is -2.33. The molecule has 3 heterocycles. The Balaban J connectivity index is 1.59. The van der Waals surface area contributed by atoms with Crippen molar-refractivity contribution in [1.82, 2.24) is 15.3 Å². The fourth-order valence-electron chi connectivity index (χ4n) is 4.15. The average Bonchev–Trinajstić information content (AvgIpc) is 3.05. The number of fused-ring (bicyclic) bond motifs is 3. The minimum atomic E-state index is 0.0574. The summed E-state index contributed by atoms with van der Waals surface area (Å²) >= 11 is 1.84. The second-order valence-corrected chi connectivity index (χ2v) is 9.10. The van der Waals surface area contributed by atoms with E-state index in [4.69, 9.17) is 0 Å². The van der Waals surface area contributed by atoms with Crippen LogP contribution in [0.1, 0.15) is 50.0 Å². The van der Waals surface area contributed by atoms with Gasteiger partial charge in [-0.1, -0.05) is 13.8 Å². The zero-order valence-electron chi connectivity index (χ0n) is 15.8. The first kappa shape index (κ1) is 17.7. The topological polar surface area (TPSA) is 58.1 Å². The van der Waals surface area contributed by atoms with E-state index < -0.39 is 0 Å². The monoisotopic (exact) mass is 372 g/mol. The number of carbonyl (C=O) groups excluding carboxylic acids is 1. The molecule has 2 aromatic heterocycles. The van der Waals surface area contributed by atoms with Crippen LogP contribution < -0.4 is 10.2 Å². The van der Waals surface area contributed by atoms with E-state index in [1.807, 2.05) is 11.3 Å². The first-order valence-corrected chi connectivity index (χ1v) is 10.7. The van der Waals surface area contributed by atoms with E-state index in [2.05, 4.69) is 34.0 Å². The zero-order chi connectivity index (χ0) is 18.1. The highest BCUT2D eigenvalue weighted by Gasteiger charge is 2.29. The van der Waals surface area contributed by atoms with Crippen molar-refractivity contribution < 1.29 is 4.79 Å². The molecule has 0 saturated carbocycles. The van der Waals surface area contributed by atoms with Crippen LogP contribution in [0.3, 0.4) is 0 Å². The predicted molar refractivity (Wildman–Crippen MR) is 107 cm³/mol. The largest absolute Gasteiger partial charge is 0.356 e. The van der Waals surface area contributed by atoms with Crippen molar-refractivity contribution in [3.63, 3.8) is 0 Å². The SMILES string of the molecule is CC(C)CNC(=O)[C@H]1CCCN(c2ncnc3sc4c(c23)CCCC4)C1. The number of rotatable bonds is 4. The maximum atomic E-state index is 12.6. The highest BCUT2D eigenvalue weighted by Crippen LogP contribution is 2.40. The van der Waals surface area contributed by atoms with Crippen LogP contribution >= 0.6 is 11.3 Å². The molecule has 0 spiro atoms. The summed E-state index contributed by atoms with van der Waals surface area (Å²) < 4.78 is 0. The van der Waals surface area contributed by atoms with Crippen LogP contribution in [-0.4, -0.2) is 35.5 Å². The van der Waals surface area contributed by atoms with Crippen molar-refractivity contribution in [3.05, 3.63) is 16.8 Å². The van der Waals surface area contributed by atoms with Crippen LogP contribution in [-0.2, 0) is 17.6 Å². The van der Waals surface area contributed by atoms with Gasteiger partial charge in [-0.2, -0.15) is 0 Å². The van der Waals surface area contributed by atoms with Crippen LogP contribution in [0.25, 0.3) is 10.2 Å². The Morgan fingerprint density at radius 2 is 2.15 bits per heavy atom. The van der Waals surface area contributed by atoms with Gasteiger partial charge in [0.2, 0.25) is 5.91 Å². The number of nitrogens with one attached hydrogen (secondary N) is 1. The Morgan fingerprint density at radius 3 is 3.00 bits per heavy atom. The highest BCUT2D eigenvalue weighted by molar-refractivity contribution is 7.19. The van der Waals surface area contributed by atoms with Crippen molar-refractivity contribution in [2.45, 2.75) is 52.4 Å². The molecule has 1 saturated heterocycles. The van der Waals surface area contributed by atoms with Gasteiger partial charge in [-0.15, -0.1) is 11.3 Å². The van der Waals surface area contributed by atoms with E-state index >= 15 is 0 Å². The van der Waals surface area contributed by atoms with E-state index in [1.54, 1.807) is 6.33 Å². The number of piperidine rings is 1. The summed E-state index contributed by atoms with van der Waals surface area (Å²) in [6.45, 7) is 6.76. The van der Waals surface area contributed by atoms with Gasteiger partial charge in [0.15, 0.2) is 0 Å². The van der Waals surface area contributed by atoms with Crippen molar-refractivity contribution in [3.8, 4) is 0 Å². The molecular formula is C20H28N4OS. The predicted octanol–water partition coefficient (Wildman–Crippen LogP) is 3.56. The molecule has 1 amide bonds. The van der Waals surface area contributed by atoms with Gasteiger partial charge in [-0.3, -0.25) is 4.79 Å². The first-order valence-electron chi connectivity index (χ1n) is 9.91. The molecule has 2 aromatic rings. The lowest BCUT2D eigenvalue weighted by atomic mass is 9.95. The third kappa shape index (κ3) is 3.43. The standard InChI is InChI=1S/C20H28N4OS/c1-13(2)10-21-19(25)14-6-5-9-24(11-14)18-17-15-7-3-4-8-16(15)26-20(17)23-12-22-18/h12-14H,3-11H2,1-2H3,(H,21,25)/t14-/m0/s1. The van der Waals surface area contributed by atoms with Crippen molar-refractivity contribution in [2.75, 3.05) is 24.5 Å². The molecule has 1 atom stereocenters. The number of anilines is 1. The quantitative estimate of drug-likeness (QED) is 0.891. The number of hydrogen-bond donors (Lipinski definition) is 1. The minimum Gasteiger partial charge on any atom is -0.356 e. The Labute approximate surface area is 159 Å². The molecule has 140 valence electrons. The van der Waals surface area contributed by atoms with Crippen LogP contribution in [0.2, 0.25) is 0 Å². The van der Waals surface area contributed by atoms with E-state index in [-0.39, 0.29) is 11.8 Å². The number of aryl methyl sites for hydroxylation is 2. The summed E-state index contributed by atoms with van der Waals surface area (Å²) in [4.78, 5) is 26.7. The van der Waals surface area contributed by atoms with Crippen LogP contribution in [0.4, 0.5) is 5.82 Å². The second kappa shape index (κ2) is 7.51. The third-order valence-electron chi connectivity index (χ3n) is 5.51. The van der Waals surface area contributed by atoms with Crippen molar-refractivity contribution in [1.29, 1.82) is 0 Å². The number of thiophene rings is 1. The van der Waals surface area contributed by atoms with Crippen LogP contribution in [0.15, 0.2) is 6.33 Å². The molecular weight excluding hydrogens is 344 g/mol. The van der Waals surface area contributed by atoms with E-state index in [0.29, 0.717) is 5.92 Å². The molecule has 26 heavy (non-hydrogen) atoms. The smallest absolute Gasteiger partial charge is 0.224 e. The van der Waals surface area contributed by atoms with Crippen molar-refractivity contribution in [2.24, 2.45) is 11.8 Å². The van der Waals surface area contributed by atoms with Gasteiger partial charge >= 0.3 is 0 Å². The number of amides is 1. The van der Waals surface area contributed by atoms with Gasteiger partial charge in [0.1, 0.15) is 17.0 Å². The fourth-order valence-corrected chi connectivity index (χ4v) is 5.37. The molecule has 0 radical (unpaired) electrons. The maximum absolute atomic E-state index is 12.6.